The van der Waals surface area contributed by atoms with Crippen molar-refractivity contribution in [3.63, 3.8) is 0 Å². The van der Waals surface area contributed by atoms with Gasteiger partial charge in [-0.1, -0.05) is 0 Å². The fourth-order valence-electron chi connectivity index (χ4n) is 3.48. The van der Waals surface area contributed by atoms with E-state index in [1.54, 1.807) is 31.2 Å². The fourth-order valence-corrected chi connectivity index (χ4v) is 3.48. The zero-order valence-electron chi connectivity index (χ0n) is 19.6. The SMILES string of the molecule is CCOc1ccc(OCC)c(N2C(=O)NC(=O)/C(=C\c3ccc(OC)c(OC)c3OC)C2=O)c1. The molecule has 1 N–H and O–H groups in total. The molecule has 34 heavy (non-hydrogen) atoms. The number of carbonyl (C=O) groups excluding carboxylic acids is 3. The summed E-state index contributed by atoms with van der Waals surface area (Å²) < 4.78 is 27.2. The van der Waals surface area contributed by atoms with Crippen molar-refractivity contribution in [3.05, 3.63) is 41.5 Å². The van der Waals surface area contributed by atoms with Gasteiger partial charge in [-0.15, -0.1) is 0 Å². The van der Waals surface area contributed by atoms with Crippen LogP contribution >= 0.6 is 0 Å². The summed E-state index contributed by atoms with van der Waals surface area (Å²) >= 11 is 0. The molecule has 2 aromatic rings. The molecule has 2 aromatic carbocycles. The van der Waals surface area contributed by atoms with E-state index in [4.69, 9.17) is 23.7 Å². The standard InChI is InChI=1S/C24H26N2O8/c1-6-33-15-9-11-18(34-7-2)17(13-15)26-23(28)16(22(27)25-24(26)29)12-14-8-10-19(30-3)21(32-5)20(14)31-4/h8-13H,6-7H2,1-5H3,(H,25,27,29)/b16-12+. The van der Waals surface area contributed by atoms with Crippen LogP contribution in [0, 0.1) is 0 Å². The van der Waals surface area contributed by atoms with E-state index in [9.17, 15) is 14.4 Å². The van der Waals surface area contributed by atoms with Crippen molar-refractivity contribution in [1.82, 2.24) is 5.32 Å². The number of nitrogens with one attached hydrogen (secondary N) is 1. The van der Waals surface area contributed by atoms with E-state index in [1.807, 2.05) is 6.92 Å². The number of urea groups is 1. The van der Waals surface area contributed by atoms with Gasteiger partial charge in [-0.3, -0.25) is 14.9 Å². The van der Waals surface area contributed by atoms with Crippen molar-refractivity contribution in [3.8, 4) is 28.7 Å². The van der Waals surface area contributed by atoms with E-state index in [1.165, 1.54) is 33.5 Å². The number of barbiturate groups is 1. The average molecular weight is 470 g/mol. The van der Waals surface area contributed by atoms with Crippen LogP contribution in [0.3, 0.4) is 0 Å². The van der Waals surface area contributed by atoms with Crippen LogP contribution in [-0.2, 0) is 9.59 Å². The summed E-state index contributed by atoms with van der Waals surface area (Å²) in [5.74, 6) is -0.00263. The van der Waals surface area contributed by atoms with Gasteiger partial charge in [0, 0.05) is 11.6 Å². The Labute approximate surface area is 197 Å². The molecule has 1 saturated heterocycles. The summed E-state index contributed by atoms with van der Waals surface area (Å²) in [6, 6.07) is 7.09. The molecular formula is C24H26N2O8. The fraction of sp³-hybridized carbons (Fsp3) is 0.292. The lowest BCUT2D eigenvalue weighted by molar-refractivity contribution is -0.122. The van der Waals surface area contributed by atoms with Crippen molar-refractivity contribution in [2.45, 2.75) is 13.8 Å². The minimum atomic E-state index is -0.902. The van der Waals surface area contributed by atoms with Crippen LogP contribution in [0.1, 0.15) is 19.4 Å². The van der Waals surface area contributed by atoms with Gasteiger partial charge < -0.3 is 23.7 Å². The molecule has 1 heterocycles. The van der Waals surface area contributed by atoms with Crippen LogP contribution < -0.4 is 33.9 Å². The van der Waals surface area contributed by atoms with Crippen molar-refractivity contribution in [1.29, 1.82) is 0 Å². The zero-order chi connectivity index (χ0) is 24.8. The number of rotatable bonds is 9. The van der Waals surface area contributed by atoms with E-state index in [0.29, 0.717) is 36.0 Å². The first-order valence-corrected chi connectivity index (χ1v) is 10.5. The summed E-state index contributed by atoms with van der Waals surface area (Å²) in [5.41, 5.74) is 0.239. The van der Waals surface area contributed by atoms with E-state index in [0.717, 1.165) is 4.90 Å². The number of amides is 4. The highest BCUT2D eigenvalue weighted by atomic mass is 16.5. The third-order valence-electron chi connectivity index (χ3n) is 4.92. The number of hydrogen-bond acceptors (Lipinski definition) is 8. The van der Waals surface area contributed by atoms with Crippen LogP contribution in [0.2, 0.25) is 0 Å². The summed E-state index contributed by atoms with van der Waals surface area (Å²) in [7, 11) is 4.34. The highest BCUT2D eigenvalue weighted by molar-refractivity contribution is 6.39. The number of imide groups is 2. The van der Waals surface area contributed by atoms with Gasteiger partial charge in [-0.2, -0.15) is 0 Å². The summed E-state index contributed by atoms with van der Waals surface area (Å²) in [4.78, 5) is 39.7. The quantitative estimate of drug-likeness (QED) is 0.439. The molecule has 1 aliphatic rings. The second-order valence-electron chi connectivity index (χ2n) is 6.88. The normalized spacial score (nSPS) is 14.7. The molecule has 0 bridgehead atoms. The molecule has 0 radical (unpaired) electrons. The molecule has 3 rings (SSSR count). The zero-order valence-corrected chi connectivity index (χ0v) is 19.6. The average Bonchev–Trinajstić information content (AvgIpc) is 2.82. The van der Waals surface area contributed by atoms with Gasteiger partial charge in [0.1, 0.15) is 17.1 Å². The molecular weight excluding hydrogens is 444 g/mol. The Morgan fingerprint density at radius 1 is 0.853 bits per heavy atom. The minimum Gasteiger partial charge on any atom is -0.494 e. The lowest BCUT2D eigenvalue weighted by atomic mass is 10.0. The molecule has 0 unspecified atom stereocenters. The maximum absolute atomic E-state index is 13.4. The maximum Gasteiger partial charge on any atom is 0.336 e. The Morgan fingerprint density at radius 2 is 1.53 bits per heavy atom. The predicted molar refractivity (Wildman–Crippen MR) is 124 cm³/mol. The second-order valence-corrected chi connectivity index (χ2v) is 6.88. The first-order chi connectivity index (χ1) is 16.4. The largest absolute Gasteiger partial charge is 0.494 e. The Bertz CT molecular complexity index is 1140. The molecule has 1 aliphatic heterocycles. The Kier molecular flexibility index (Phi) is 7.62. The highest BCUT2D eigenvalue weighted by Crippen LogP contribution is 2.41. The van der Waals surface area contributed by atoms with Gasteiger partial charge in [0.2, 0.25) is 5.75 Å². The maximum atomic E-state index is 13.4. The molecule has 0 atom stereocenters. The summed E-state index contributed by atoms with van der Waals surface area (Å²) in [5, 5.41) is 2.20. The van der Waals surface area contributed by atoms with Crippen molar-refractivity contribution in [2.24, 2.45) is 0 Å². The minimum absolute atomic E-state index is 0.146. The molecule has 0 spiro atoms. The Morgan fingerprint density at radius 3 is 2.15 bits per heavy atom. The second kappa shape index (κ2) is 10.6. The Hall–Kier alpha value is -4.21. The van der Waals surface area contributed by atoms with E-state index in [-0.39, 0.29) is 22.8 Å². The molecule has 0 saturated carbocycles. The molecule has 10 nitrogen and oxygen atoms in total. The number of methoxy groups -OCH3 is 3. The van der Waals surface area contributed by atoms with Crippen molar-refractivity contribution >= 4 is 29.6 Å². The van der Waals surface area contributed by atoms with E-state index in [2.05, 4.69) is 5.32 Å². The molecule has 1 fully saturated rings. The lowest BCUT2D eigenvalue weighted by Gasteiger charge is -2.28. The Balaban J connectivity index is 2.13. The summed E-state index contributed by atoms with van der Waals surface area (Å²) in [6.45, 7) is 4.27. The van der Waals surface area contributed by atoms with Gasteiger partial charge in [0.05, 0.1) is 40.2 Å². The molecule has 4 amide bonds. The monoisotopic (exact) mass is 470 g/mol. The molecule has 10 heteroatoms. The smallest absolute Gasteiger partial charge is 0.336 e. The highest BCUT2D eigenvalue weighted by Gasteiger charge is 2.38. The number of nitrogens with zero attached hydrogens (tertiary/aromatic N) is 1. The topological polar surface area (TPSA) is 113 Å². The summed E-state index contributed by atoms with van der Waals surface area (Å²) in [6.07, 6.45) is 1.32. The van der Waals surface area contributed by atoms with Gasteiger partial charge in [-0.25, -0.2) is 9.69 Å². The van der Waals surface area contributed by atoms with Crippen LogP contribution in [0.5, 0.6) is 28.7 Å². The molecule has 0 aromatic heterocycles. The molecule has 0 aliphatic carbocycles. The predicted octanol–water partition coefficient (Wildman–Crippen LogP) is 3.18. The number of anilines is 1. The first kappa shape index (κ1) is 24.4. The van der Waals surface area contributed by atoms with Crippen LogP contribution in [0.25, 0.3) is 6.08 Å². The molecule has 180 valence electrons. The van der Waals surface area contributed by atoms with Crippen LogP contribution in [0.15, 0.2) is 35.9 Å². The van der Waals surface area contributed by atoms with Crippen LogP contribution in [0.4, 0.5) is 10.5 Å². The van der Waals surface area contributed by atoms with Crippen LogP contribution in [-0.4, -0.2) is 52.4 Å². The number of carbonyl (C=O) groups is 3. The van der Waals surface area contributed by atoms with Gasteiger partial charge >= 0.3 is 6.03 Å². The van der Waals surface area contributed by atoms with Crippen molar-refractivity contribution < 1.29 is 38.1 Å². The third kappa shape index (κ3) is 4.61. The number of hydrogen-bond donors (Lipinski definition) is 1. The van der Waals surface area contributed by atoms with Gasteiger partial charge in [-0.05, 0) is 44.2 Å². The van der Waals surface area contributed by atoms with E-state index < -0.39 is 17.8 Å². The van der Waals surface area contributed by atoms with Gasteiger partial charge in [0.15, 0.2) is 11.5 Å². The lowest BCUT2D eigenvalue weighted by Crippen LogP contribution is -2.54. The van der Waals surface area contributed by atoms with Crippen molar-refractivity contribution in [2.75, 3.05) is 39.4 Å². The first-order valence-electron chi connectivity index (χ1n) is 10.5. The number of benzene rings is 2. The third-order valence-corrected chi connectivity index (χ3v) is 4.92. The van der Waals surface area contributed by atoms with E-state index >= 15 is 0 Å². The number of ether oxygens (including phenoxy) is 5. The van der Waals surface area contributed by atoms with Gasteiger partial charge in [0.25, 0.3) is 11.8 Å².